The van der Waals surface area contributed by atoms with Crippen LogP contribution in [-0.4, -0.2) is 4.92 Å². The van der Waals surface area contributed by atoms with Crippen LogP contribution in [0.5, 0.6) is 0 Å². The first-order chi connectivity index (χ1) is 12.6. The Labute approximate surface area is 149 Å². The summed E-state index contributed by atoms with van der Waals surface area (Å²) >= 11 is 0. The lowest BCUT2D eigenvalue weighted by molar-refractivity contribution is -0.384. The maximum Gasteiger partial charge on any atom is 0.269 e. The maximum atomic E-state index is 12.9. The molecule has 0 aromatic heterocycles. The molecule has 1 aliphatic heterocycles. The highest BCUT2D eigenvalue weighted by molar-refractivity contribution is 5.74. The fourth-order valence-corrected chi connectivity index (χ4v) is 2.96. The topological polar surface area (TPSA) is 81.5 Å². The van der Waals surface area contributed by atoms with Crippen molar-refractivity contribution in [3.63, 3.8) is 0 Å². The van der Waals surface area contributed by atoms with Crippen LogP contribution in [0, 0.1) is 10.1 Å². The van der Waals surface area contributed by atoms with Gasteiger partial charge in [-0.3, -0.25) is 20.5 Å². The van der Waals surface area contributed by atoms with E-state index in [9.17, 15) is 15.2 Å². The van der Waals surface area contributed by atoms with E-state index in [0.29, 0.717) is 10.9 Å². The second-order valence-electron chi connectivity index (χ2n) is 5.81. The summed E-state index contributed by atoms with van der Waals surface area (Å²) in [4.78, 5) is 10.4. The number of anilines is 1. The van der Waals surface area contributed by atoms with E-state index >= 15 is 0 Å². The second kappa shape index (κ2) is 6.25. The van der Waals surface area contributed by atoms with E-state index in [4.69, 9.17) is 0 Å². The normalized spacial score (nSPS) is 13.2. The minimum Gasteiger partial charge on any atom is -0.858 e. The lowest BCUT2D eigenvalue weighted by Gasteiger charge is -2.36. The molecular weight excluding hydrogens is 330 g/mol. The van der Waals surface area contributed by atoms with Crippen molar-refractivity contribution < 1.29 is 10.0 Å². The summed E-state index contributed by atoms with van der Waals surface area (Å²) in [6.07, 6.45) is 0. The molecule has 0 unspecified atom stereocenters. The van der Waals surface area contributed by atoms with Gasteiger partial charge in [-0.25, -0.2) is 0 Å². The van der Waals surface area contributed by atoms with Crippen LogP contribution >= 0.6 is 0 Å². The Hall–Kier alpha value is -3.80. The fraction of sp³-hybridized carbons (Fsp3) is 0. The molecule has 128 valence electrons. The van der Waals surface area contributed by atoms with Crippen LogP contribution in [-0.2, 0) is 0 Å². The zero-order valence-electron chi connectivity index (χ0n) is 13.6. The summed E-state index contributed by atoms with van der Waals surface area (Å²) in [6, 6.07) is 23.0. The van der Waals surface area contributed by atoms with E-state index in [1.165, 1.54) is 17.1 Å². The summed E-state index contributed by atoms with van der Waals surface area (Å²) in [6.45, 7) is 0. The van der Waals surface area contributed by atoms with Crippen molar-refractivity contribution in [1.82, 2.24) is 5.43 Å². The largest absolute Gasteiger partial charge is 0.858 e. The minimum absolute atomic E-state index is 0.0223. The van der Waals surface area contributed by atoms with Gasteiger partial charge in [0.15, 0.2) is 0 Å². The standard InChI is InChI=1S/C20H15N3O3/c24-20-18-9-5-4-8-17(18)19(14-6-2-1-3-7-14)21-22(20)15-10-12-16(13-11-15)23(25)26/h1-13,21,24H/p-1. The Bertz CT molecular complexity index is 1090. The van der Waals surface area contributed by atoms with Crippen LogP contribution < -0.4 is 26.0 Å². The van der Waals surface area contributed by atoms with E-state index in [1.54, 1.807) is 18.2 Å². The predicted molar refractivity (Wildman–Crippen MR) is 96.8 cm³/mol. The third-order valence-electron chi connectivity index (χ3n) is 4.23. The van der Waals surface area contributed by atoms with Gasteiger partial charge in [-0.1, -0.05) is 54.6 Å². The van der Waals surface area contributed by atoms with Gasteiger partial charge in [0.05, 0.1) is 16.3 Å². The molecule has 1 aliphatic rings. The summed E-state index contributed by atoms with van der Waals surface area (Å²) in [5.41, 5.74) is 5.43. The van der Waals surface area contributed by atoms with Crippen molar-refractivity contribution in [3.05, 3.63) is 105 Å². The lowest BCUT2D eigenvalue weighted by atomic mass is 10.1. The third-order valence-corrected chi connectivity index (χ3v) is 4.23. The van der Waals surface area contributed by atoms with Gasteiger partial charge in [0, 0.05) is 22.9 Å². The molecule has 0 aliphatic carbocycles. The zero-order chi connectivity index (χ0) is 18.1. The highest BCUT2D eigenvalue weighted by Gasteiger charge is 2.16. The molecule has 0 fully saturated rings. The minimum atomic E-state index is -0.466. The number of nitro benzene ring substituents is 1. The van der Waals surface area contributed by atoms with E-state index in [2.05, 4.69) is 5.43 Å². The van der Waals surface area contributed by atoms with Gasteiger partial charge in [-0.15, -0.1) is 0 Å². The molecule has 6 nitrogen and oxygen atoms in total. The Morgan fingerprint density at radius 1 is 0.808 bits per heavy atom. The fourth-order valence-electron chi connectivity index (χ4n) is 2.96. The van der Waals surface area contributed by atoms with E-state index in [0.717, 1.165) is 16.5 Å². The number of nitrogens with one attached hydrogen (secondary N) is 1. The van der Waals surface area contributed by atoms with E-state index in [1.807, 2.05) is 48.5 Å². The third kappa shape index (κ3) is 2.63. The summed E-state index contributed by atoms with van der Waals surface area (Å²) in [5.74, 6) is -0.214. The number of nitro groups is 1. The maximum absolute atomic E-state index is 12.9. The van der Waals surface area contributed by atoms with Gasteiger partial charge >= 0.3 is 0 Å². The average molecular weight is 344 g/mol. The van der Waals surface area contributed by atoms with Gasteiger partial charge in [-0.2, -0.15) is 0 Å². The molecule has 0 bridgehead atoms. The first-order valence-corrected chi connectivity index (χ1v) is 8.02. The van der Waals surface area contributed by atoms with Crippen molar-refractivity contribution in [2.24, 2.45) is 0 Å². The molecule has 26 heavy (non-hydrogen) atoms. The van der Waals surface area contributed by atoms with Crippen molar-refractivity contribution >= 4 is 23.0 Å². The molecular formula is C20H14N3O3-. The quantitative estimate of drug-likeness (QED) is 0.570. The molecule has 0 saturated heterocycles. The van der Waals surface area contributed by atoms with Crippen LogP contribution in [0.2, 0.25) is 0 Å². The first-order valence-electron chi connectivity index (χ1n) is 8.02. The van der Waals surface area contributed by atoms with Crippen molar-refractivity contribution in [2.75, 3.05) is 5.01 Å². The molecule has 0 atom stereocenters. The van der Waals surface area contributed by atoms with Gasteiger partial charge in [0.2, 0.25) is 0 Å². The SMILES string of the molecule is O=[N+]([O-])c1ccc(N2NC(c3ccccc3)=c3ccccc3=C2[O-])cc1. The Balaban J connectivity index is 1.89. The molecule has 6 heteroatoms. The zero-order valence-corrected chi connectivity index (χ0v) is 13.6. The highest BCUT2D eigenvalue weighted by atomic mass is 16.6. The Morgan fingerprint density at radius 3 is 2.08 bits per heavy atom. The molecule has 0 spiro atoms. The molecule has 1 heterocycles. The van der Waals surface area contributed by atoms with Crippen LogP contribution in [0.25, 0.3) is 11.6 Å². The number of fused-ring (bicyclic) bond motifs is 1. The number of benzene rings is 3. The second-order valence-corrected chi connectivity index (χ2v) is 5.81. The summed E-state index contributed by atoms with van der Waals surface area (Å²) in [7, 11) is 0. The van der Waals surface area contributed by atoms with E-state index < -0.39 is 4.92 Å². The predicted octanol–water partition coefficient (Wildman–Crippen LogP) is 1.20. The molecule has 4 rings (SSSR count). The average Bonchev–Trinajstić information content (AvgIpc) is 2.69. The van der Waals surface area contributed by atoms with Crippen LogP contribution in [0.3, 0.4) is 0 Å². The molecule has 3 aromatic rings. The van der Waals surface area contributed by atoms with Crippen molar-refractivity contribution in [2.45, 2.75) is 0 Å². The van der Waals surface area contributed by atoms with Gasteiger partial charge in [0.25, 0.3) is 5.69 Å². The summed E-state index contributed by atoms with van der Waals surface area (Å²) < 4.78 is 0. The number of hydrogen-bond donors (Lipinski definition) is 1. The first kappa shape index (κ1) is 15.7. The smallest absolute Gasteiger partial charge is 0.269 e. The van der Waals surface area contributed by atoms with Gasteiger partial charge < -0.3 is 5.11 Å². The lowest BCUT2D eigenvalue weighted by Crippen LogP contribution is -2.53. The number of hydrazine groups is 1. The number of nitrogens with zero attached hydrogens (tertiary/aromatic N) is 2. The molecule has 0 radical (unpaired) electrons. The number of rotatable bonds is 3. The molecule has 3 aromatic carbocycles. The van der Waals surface area contributed by atoms with Gasteiger partial charge in [-0.05, 0) is 23.2 Å². The van der Waals surface area contributed by atoms with Gasteiger partial charge in [0.1, 0.15) is 0 Å². The van der Waals surface area contributed by atoms with E-state index in [-0.39, 0.29) is 11.6 Å². The molecule has 0 amide bonds. The summed E-state index contributed by atoms with van der Waals surface area (Å²) in [5, 5.41) is 26.6. The molecule has 1 N–H and O–H groups in total. The monoisotopic (exact) mass is 344 g/mol. The van der Waals surface area contributed by atoms with Crippen LogP contribution in [0.4, 0.5) is 11.4 Å². The van der Waals surface area contributed by atoms with Crippen LogP contribution in [0.1, 0.15) is 5.56 Å². The number of hydrogen-bond acceptors (Lipinski definition) is 5. The van der Waals surface area contributed by atoms with Crippen molar-refractivity contribution in [1.29, 1.82) is 0 Å². The Kier molecular flexibility index (Phi) is 3.78. The molecule has 0 saturated carbocycles. The number of non-ortho nitro benzene ring substituents is 1. The highest BCUT2D eigenvalue weighted by Crippen LogP contribution is 2.22. The van der Waals surface area contributed by atoms with Crippen LogP contribution in [0.15, 0.2) is 78.9 Å². The van der Waals surface area contributed by atoms with Crippen molar-refractivity contribution in [3.8, 4) is 0 Å². The Morgan fingerprint density at radius 2 is 1.42 bits per heavy atom.